The maximum absolute atomic E-state index is 11.8. The highest BCUT2D eigenvalue weighted by Gasteiger charge is 2.02. The van der Waals surface area contributed by atoms with Gasteiger partial charge in [0.25, 0.3) is 0 Å². The van der Waals surface area contributed by atoms with Crippen LogP contribution in [0.25, 0.3) is 0 Å². The molecule has 0 aliphatic heterocycles. The van der Waals surface area contributed by atoms with Crippen molar-refractivity contribution in [3.63, 3.8) is 0 Å². The smallest absolute Gasteiger partial charge is 0.319 e. The number of para-hydroxylation sites is 1. The number of nitrogens with zero attached hydrogens (tertiary/aromatic N) is 1. The third-order valence-corrected chi connectivity index (χ3v) is 3.43. The molecule has 0 atom stereocenters. The lowest BCUT2D eigenvalue weighted by Crippen LogP contribution is -2.31. The van der Waals surface area contributed by atoms with Gasteiger partial charge in [0.1, 0.15) is 0 Å². The zero-order chi connectivity index (χ0) is 15.8. The number of hydrogen-bond donors (Lipinski definition) is 2. The Morgan fingerprint density at radius 1 is 1.09 bits per heavy atom. The number of aryl methyl sites for hydroxylation is 1. The normalized spacial score (nSPS) is 10.1. The fourth-order valence-electron chi connectivity index (χ4n) is 2.23. The monoisotopic (exact) mass is 297 g/mol. The predicted molar refractivity (Wildman–Crippen MR) is 92.5 cm³/mol. The minimum atomic E-state index is -0.159. The molecule has 2 rings (SSSR count). The van der Waals surface area contributed by atoms with Crippen molar-refractivity contribution in [3.05, 3.63) is 60.2 Å². The van der Waals surface area contributed by atoms with Gasteiger partial charge in [-0.05, 0) is 43.2 Å². The zero-order valence-corrected chi connectivity index (χ0v) is 13.2. The van der Waals surface area contributed by atoms with E-state index in [9.17, 15) is 4.79 Å². The Bertz CT molecular complexity index is 598. The summed E-state index contributed by atoms with van der Waals surface area (Å²) >= 11 is 0. The lowest BCUT2D eigenvalue weighted by atomic mass is 10.2. The van der Waals surface area contributed by atoms with Gasteiger partial charge in [0.15, 0.2) is 0 Å². The van der Waals surface area contributed by atoms with E-state index in [4.69, 9.17) is 0 Å². The van der Waals surface area contributed by atoms with Gasteiger partial charge in [-0.1, -0.05) is 30.3 Å². The summed E-state index contributed by atoms with van der Waals surface area (Å²) in [6.07, 6.45) is 0.895. The van der Waals surface area contributed by atoms with Gasteiger partial charge in [-0.25, -0.2) is 4.79 Å². The maximum atomic E-state index is 11.8. The van der Waals surface area contributed by atoms with Crippen LogP contribution in [-0.2, 0) is 0 Å². The summed E-state index contributed by atoms with van der Waals surface area (Å²) in [5, 5.41) is 5.72. The SMILES string of the molecule is Cc1cccc(NC(=O)NCCCN(C)c2ccccc2)c1. The van der Waals surface area contributed by atoms with Crippen molar-refractivity contribution >= 4 is 17.4 Å². The number of amides is 2. The Hall–Kier alpha value is -2.49. The molecule has 2 N–H and O–H groups in total. The second-order valence-electron chi connectivity index (χ2n) is 5.36. The van der Waals surface area contributed by atoms with E-state index in [1.165, 1.54) is 5.69 Å². The van der Waals surface area contributed by atoms with Crippen LogP contribution in [0.3, 0.4) is 0 Å². The van der Waals surface area contributed by atoms with Crippen molar-refractivity contribution in [3.8, 4) is 0 Å². The molecule has 0 heterocycles. The molecule has 0 saturated carbocycles. The molecule has 2 amide bonds. The van der Waals surface area contributed by atoms with Crippen LogP contribution in [0, 0.1) is 6.92 Å². The molecule has 0 radical (unpaired) electrons. The first kappa shape index (κ1) is 15.9. The number of rotatable bonds is 6. The molecule has 0 fully saturated rings. The molecule has 0 bridgehead atoms. The number of hydrogen-bond acceptors (Lipinski definition) is 2. The van der Waals surface area contributed by atoms with Crippen LogP contribution >= 0.6 is 0 Å². The Morgan fingerprint density at radius 2 is 1.86 bits per heavy atom. The number of benzene rings is 2. The van der Waals surface area contributed by atoms with Crippen LogP contribution in [-0.4, -0.2) is 26.2 Å². The first-order valence-corrected chi connectivity index (χ1v) is 7.53. The summed E-state index contributed by atoms with van der Waals surface area (Å²) in [6.45, 7) is 3.55. The molecule has 4 nitrogen and oxygen atoms in total. The third kappa shape index (κ3) is 5.13. The molecule has 22 heavy (non-hydrogen) atoms. The number of anilines is 2. The van der Waals surface area contributed by atoms with E-state index >= 15 is 0 Å². The highest BCUT2D eigenvalue weighted by Crippen LogP contribution is 2.11. The quantitative estimate of drug-likeness (QED) is 0.799. The standard InChI is InChI=1S/C18H23N3O/c1-15-8-6-9-16(14-15)20-18(22)19-12-7-13-21(2)17-10-4-3-5-11-17/h3-6,8-11,14H,7,12-13H2,1-2H3,(H2,19,20,22). The van der Waals surface area contributed by atoms with Crippen LogP contribution in [0.15, 0.2) is 54.6 Å². The molecule has 2 aromatic rings. The summed E-state index contributed by atoms with van der Waals surface area (Å²) in [6, 6.07) is 17.8. The molecule has 4 heteroatoms. The largest absolute Gasteiger partial charge is 0.375 e. The maximum Gasteiger partial charge on any atom is 0.319 e. The lowest BCUT2D eigenvalue weighted by Gasteiger charge is -2.19. The summed E-state index contributed by atoms with van der Waals surface area (Å²) in [5.41, 5.74) is 3.13. The average molecular weight is 297 g/mol. The molecule has 116 valence electrons. The highest BCUT2D eigenvalue weighted by molar-refractivity contribution is 5.89. The fourth-order valence-corrected chi connectivity index (χ4v) is 2.23. The van der Waals surface area contributed by atoms with Crippen molar-refractivity contribution in [2.24, 2.45) is 0 Å². The van der Waals surface area contributed by atoms with Crippen LogP contribution in [0.5, 0.6) is 0 Å². The van der Waals surface area contributed by atoms with Crippen molar-refractivity contribution < 1.29 is 4.79 Å². The van der Waals surface area contributed by atoms with Gasteiger partial charge >= 0.3 is 6.03 Å². The first-order chi connectivity index (χ1) is 10.6. The van der Waals surface area contributed by atoms with Gasteiger partial charge in [0.05, 0.1) is 0 Å². The molecule has 0 spiro atoms. The van der Waals surface area contributed by atoms with Gasteiger partial charge < -0.3 is 15.5 Å². The van der Waals surface area contributed by atoms with Gasteiger partial charge in [-0.15, -0.1) is 0 Å². The van der Waals surface area contributed by atoms with E-state index in [2.05, 4.69) is 34.7 Å². The minimum Gasteiger partial charge on any atom is -0.375 e. The second kappa shape index (κ2) is 8.08. The summed E-state index contributed by atoms with van der Waals surface area (Å²) in [4.78, 5) is 14.0. The average Bonchev–Trinajstić information content (AvgIpc) is 2.52. The Kier molecular flexibility index (Phi) is 5.83. The molecule has 0 saturated heterocycles. The minimum absolute atomic E-state index is 0.159. The van der Waals surface area contributed by atoms with Crippen LogP contribution in [0.1, 0.15) is 12.0 Å². The van der Waals surface area contributed by atoms with Crippen molar-refractivity contribution in [1.82, 2.24) is 5.32 Å². The topological polar surface area (TPSA) is 44.4 Å². The molecular formula is C18H23N3O. The third-order valence-electron chi connectivity index (χ3n) is 3.43. The van der Waals surface area contributed by atoms with E-state index in [-0.39, 0.29) is 6.03 Å². The van der Waals surface area contributed by atoms with E-state index in [0.29, 0.717) is 6.54 Å². The van der Waals surface area contributed by atoms with Gasteiger partial charge in [0.2, 0.25) is 0 Å². The number of nitrogens with one attached hydrogen (secondary N) is 2. The molecule has 0 aromatic heterocycles. The van der Waals surface area contributed by atoms with E-state index in [1.54, 1.807) is 0 Å². The van der Waals surface area contributed by atoms with Crippen LogP contribution < -0.4 is 15.5 Å². The summed E-state index contributed by atoms with van der Waals surface area (Å²) in [7, 11) is 2.06. The van der Waals surface area contributed by atoms with E-state index < -0.39 is 0 Å². The Morgan fingerprint density at radius 3 is 2.59 bits per heavy atom. The van der Waals surface area contributed by atoms with Gasteiger partial charge in [0, 0.05) is 31.5 Å². The van der Waals surface area contributed by atoms with Crippen molar-refractivity contribution in [2.75, 3.05) is 30.4 Å². The summed E-state index contributed by atoms with van der Waals surface area (Å²) < 4.78 is 0. The van der Waals surface area contributed by atoms with Crippen molar-refractivity contribution in [2.45, 2.75) is 13.3 Å². The van der Waals surface area contributed by atoms with Gasteiger partial charge in [-0.3, -0.25) is 0 Å². The number of urea groups is 1. The van der Waals surface area contributed by atoms with Crippen molar-refractivity contribution in [1.29, 1.82) is 0 Å². The molecule has 2 aromatic carbocycles. The van der Waals surface area contributed by atoms with Crippen LogP contribution in [0.4, 0.5) is 16.2 Å². The Balaban J connectivity index is 1.67. The lowest BCUT2D eigenvalue weighted by molar-refractivity contribution is 0.252. The molecular weight excluding hydrogens is 274 g/mol. The number of carbonyl (C=O) groups excluding carboxylic acids is 1. The predicted octanol–water partition coefficient (Wildman–Crippen LogP) is 3.64. The summed E-state index contributed by atoms with van der Waals surface area (Å²) in [5.74, 6) is 0. The van der Waals surface area contributed by atoms with Crippen LogP contribution in [0.2, 0.25) is 0 Å². The Labute approximate surface area is 132 Å². The molecule has 0 aliphatic rings. The van der Waals surface area contributed by atoms with E-state index in [0.717, 1.165) is 24.2 Å². The molecule has 0 aliphatic carbocycles. The zero-order valence-electron chi connectivity index (χ0n) is 13.2. The highest BCUT2D eigenvalue weighted by atomic mass is 16.2. The first-order valence-electron chi connectivity index (χ1n) is 7.53. The second-order valence-corrected chi connectivity index (χ2v) is 5.36. The fraction of sp³-hybridized carbons (Fsp3) is 0.278. The molecule has 0 unspecified atom stereocenters. The van der Waals surface area contributed by atoms with E-state index in [1.807, 2.05) is 49.4 Å². The van der Waals surface area contributed by atoms with Gasteiger partial charge in [-0.2, -0.15) is 0 Å². The number of carbonyl (C=O) groups is 1.